The quantitative estimate of drug-likeness (QED) is 0.359. The van der Waals surface area contributed by atoms with Gasteiger partial charge in [0.25, 0.3) is 0 Å². The Morgan fingerprint density at radius 1 is 0.958 bits per heavy atom. The van der Waals surface area contributed by atoms with E-state index in [2.05, 4.69) is 4.74 Å². The Balaban J connectivity index is 2.19. The van der Waals surface area contributed by atoms with Gasteiger partial charge in [0.1, 0.15) is 5.75 Å². The van der Waals surface area contributed by atoms with Gasteiger partial charge in [-0.1, -0.05) is 0 Å². The maximum Gasteiger partial charge on any atom is 0.343 e. The molecule has 124 valence electrons. The molecule has 24 heavy (non-hydrogen) atoms. The fourth-order valence-electron chi connectivity index (χ4n) is 1.90. The molecule has 0 amide bonds. The van der Waals surface area contributed by atoms with Crippen molar-refractivity contribution in [2.75, 3.05) is 14.2 Å². The highest BCUT2D eigenvalue weighted by Crippen LogP contribution is 2.28. The highest BCUT2D eigenvalue weighted by atomic mass is 16.6. The van der Waals surface area contributed by atoms with E-state index < -0.39 is 16.9 Å². The largest absolute Gasteiger partial charge is 0.490 e. The smallest absolute Gasteiger partial charge is 0.343 e. The minimum Gasteiger partial charge on any atom is -0.490 e. The van der Waals surface area contributed by atoms with Gasteiger partial charge >= 0.3 is 17.6 Å². The fourth-order valence-corrected chi connectivity index (χ4v) is 1.90. The number of carbonyl (C=O) groups is 2. The molecule has 0 heterocycles. The Morgan fingerprint density at radius 3 is 2.12 bits per heavy atom. The lowest BCUT2D eigenvalue weighted by molar-refractivity contribution is -0.385. The number of esters is 2. The summed E-state index contributed by atoms with van der Waals surface area (Å²) in [6.07, 6.45) is 0. The number of carbonyl (C=O) groups excluding carboxylic acids is 2. The molecule has 0 atom stereocenters. The van der Waals surface area contributed by atoms with Crippen molar-refractivity contribution in [3.8, 4) is 11.5 Å². The molecule has 0 bridgehead atoms. The molecule has 0 aliphatic heterocycles. The van der Waals surface area contributed by atoms with Crippen LogP contribution in [-0.2, 0) is 4.74 Å². The van der Waals surface area contributed by atoms with E-state index in [0.29, 0.717) is 5.56 Å². The highest BCUT2D eigenvalue weighted by molar-refractivity contribution is 5.92. The van der Waals surface area contributed by atoms with E-state index in [-0.39, 0.29) is 22.7 Å². The maximum absolute atomic E-state index is 12.1. The SMILES string of the molecule is COC(=O)c1ccc(OC(=O)c2ccc(OC)c([N+](=O)[O-])c2)cc1. The van der Waals surface area contributed by atoms with Gasteiger partial charge < -0.3 is 14.2 Å². The van der Waals surface area contributed by atoms with Gasteiger partial charge in [-0.05, 0) is 36.4 Å². The van der Waals surface area contributed by atoms with Gasteiger partial charge in [-0.3, -0.25) is 10.1 Å². The average Bonchev–Trinajstić information content (AvgIpc) is 2.60. The zero-order valence-corrected chi connectivity index (χ0v) is 12.8. The van der Waals surface area contributed by atoms with Crippen LogP contribution < -0.4 is 9.47 Å². The molecule has 2 rings (SSSR count). The lowest BCUT2D eigenvalue weighted by Crippen LogP contribution is -2.09. The van der Waals surface area contributed by atoms with Crippen LogP contribution in [0.15, 0.2) is 42.5 Å². The Kier molecular flexibility index (Phi) is 5.10. The molecule has 8 heteroatoms. The number of nitrogens with zero attached hydrogens (tertiary/aromatic N) is 1. The summed E-state index contributed by atoms with van der Waals surface area (Å²) in [4.78, 5) is 33.7. The van der Waals surface area contributed by atoms with Crippen molar-refractivity contribution in [1.29, 1.82) is 0 Å². The molecule has 2 aromatic rings. The van der Waals surface area contributed by atoms with Crippen molar-refractivity contribution in [3.05, 3.63) is 63.7 Å². The summed E-state index contributed by atoms with van der Waals surface area (Å²) < 4.78 is 14.6. The molecule has 0 aromatic heterocycles. The van der Waals surface area contributed by atoms with Crippen LogP contribution in [0.3, 0.4) is 0 Å². The molecule has 2 aromatic carbocycles. The number of benzene rings is 2. The van der Waals surface area contributed by atoms with Crippen LogP contribution in [-0.4, -0.2) is 31.1 Å². The maximum atomic E-state index is 12.1. The van der Waals surface area contributed by atoms with Crippen molar-refractivity contribution in [3.63, 3.8) is 0 Å². The van der Waals surface area contributed by atoms with Gasteiger partial charge in [0.15, 0.2) is 5.75 Å². The number of hydrogen-bond acceptors (Lipinski definition) is 7. The van der Waals surface area contributed by atoms with Crippen LogP contribution in [0.25, 0.3) is 0 Å². The van der Waals surface area contributed by atoms with Crippen molar-refractivity contribution in [2.24, 2.45) is 0 Å². The summed E-state index contributed by atoms with van der Waals surface area (Å²) in [5.74, 6) is -1.06. The zero-order chi connectivity index (χ0) is 17.7. The second kappa shape index (κ2) is 7.23. The van der Waals surface area contributed by atoms with E-state index in [1.807, 2.05) is 0 Å². The number of methoxy groups -OCH3 is 2. The molecule has 0 aliphatic rings. The van der Waals surface area contributed by atoms with Gasteiger partial charge in [0.05, 0.1) is 30.3 Å². The second-order valence-corrected chi connectivity index (χ2v) is 4.55. The summed E-state index contributed by atoms with van der Waals surface area (Å²) in [5, 5.41) is 11.0. The van der Waals surface area contributed by atoms with E-state index in [9.17, 15) is 19.7 Å². The normalized spacial score (nSPS) is 9.92. The minimum absolute atomic E-state index is 0.000422. The molecular weight excluding hydrogens is 318 g/mol. The summed E-state index contributed by atoms with van der Waals surface area (Å²) in [6, 6.07) is 9.45. The Morgan fingerprint density at radius 2 is 1.58 bits per heavy atom. The van der Waals surface area contributed by atoms with E-state index in [1.165, 1.54) is 50.6 Å². The van der Waals surface area contributed by atoms with E-state index in [1.54, 1.807) is 0 Å². The van der Waals surface area contributed by atoms with Crippen molar-refractivity contribution < 1.29 is 28.7 Å². The van der Waals surface area contributed by atoms with Crippen molar-refractivity contribution >= 4 is 17.6 Å². The summed E-state index contributed by atoms with van der Waals surface area (Å²) in [6.45, 7) is 0. The first-order valence-corrected chi connectivity index (χ1v) is 6.69. The number of ether oxygens (including phenoxy) is 3. The molecule has 0 radical (unpaired) electrons. The van der Waals surface area contributed by atoms with Gasteiger partial charge in [-0.15, -0.1) is 0 Å². The highest BCUT2D eigenvalue weighted by Gasteiger charge is 2.19. The Labute approximate surface area is 136 Å². The van der Waals surface area contributed by atoms with Gasteiger partial charge in [0, 0.05) is 6.07 Å². The fraction of sp³-hybridized carbons (Fsp3) is 0.125. The standard InChI is InChI=1S/C16H13NO7/c1-22-14-8-5-11(9-13(14)17(20)21)16(19)24-12-6-3-10(4-7-12)15(18)23-2/h3-9H,1-2H3. The van der Waals surface area contributed by atoms with Crippen LogP contribution in [0.1, 0.15) is 20.7 Å². The van der Waals surface area contributed by atoms with Crippen molar-refractivity contribution in [2.45, 2.75) is 0 Å². The zero-order valence-electron chi connectivity index (χ0n) is 12.8. The van der Waals surface area contributed by atoms with Gasteiger partial charge in [-0.2, -0.15) is 0 Å². The number of nitro groups is 1. The van der Waals surface area contributed by atoms with E-state index in [0.717, 1.165) is 6.07 Å². The number of rotatable bonds is 5. The first-order chi connectivity index (χ1) is 11.5. The van der Waals surface area contributed by atoms with Crippen LogP contribution in [0.2, 0.25) is 0 Å². The number of nitro benzene ring substituents is 1. The van der Waals surface area contributed by atoms with Crippen LogP contribution in [0.4, 0.5) is 5.69 Å². The topological polar surface area (TPSA) is 105 Å². The van der Waals surface area contributed by atoms with Gasteiger partial charge in [0.2, 0.25) is 0 Å². The molecule has 0 saturated heterocycles. The molecule has 0 N–H and O–H groups in total. The second-order valence-electron chi connectivity index (χ2n) is 4.55. The first-order valence-electron chi connectivity index (χ1n) is 6.69. The molecule has 0 fully saturated rings. The van der Waals surface area contributed by atoms with Crippen LogP contribution in [0.5, 0.6) is 11.5 Å². The predicted molar refractivity (Wildman–Crippen MR) is 82.4 cm³/mol. The number of hydrogen-bond donors (Lipinski definition) is 0. The third-order valence-electron chi connectivity index (χ3n) is 3.10. The van der Waals surface area contributed by atoms with Crippen molar-refractivity contribution in [1.82, 2.24) is 0 Å². The molecule has 0 spiro atoms. The third-order valence-corrected chi connectivity index (χ3v) is 3.10. The predicted octanol–water partition coefficient (Wildman–Crippen LogP) is 2.61. The van der Waals surface area contributed by atoms with Crippen LogP contribution in [0, 0.1) is 10.1 Å². The monoisotopic (exact) mass is 331 g/mol. The lowest BCUT2D eigenvalue weighted by Gasteiger charge is -2.06. The lowest BCUT2D eigenvalue weighted by atomic mass is 10.2. The average molecular weight is 331 g/mol. The van der Waals surface area contributed by atoms with Crippen LogP contribution >= 0.6 is 0 Å². The van der Waals surface area contributed by atoms with E-state index in [4.69, 9.17) is 9.47 Å². The first kappa shape index (κ1) is 16.9. The molecule has 0 saturated carbocycles. The molecule has 8 nitrogen and oxygen atoms in total. The molecular formula is C16H13NO7. The summed E-state index contributed by atoms with van der Waals surface area (Å²) in [7, 11) is 2.55. The third kappa shape index (κ3) is 3.67. The molecule has 0 aliphatic carbocycles. The Bertz CT molecular complexity index is 784. The van der Waals surface area contributed by atoms with Gasteiger partial charge in [-0.25, -0.2) is 9.59 Å². The van der Waals surface area contributed by atoms with E-state index >= 15 is 0 Å². The minimum atomic E-state index is -0.772. The summed E-state index contributed by atoms with van der Waals surface area (Å²) >= 11 is 0. The molecule has 0 unspecified atom stereocenters. The Hall–Kier alpha value is -3.42. The summed E-state index contributed by atoms with van der Waals surface area (Å²) in [5.41, 5.74) is -0.0371.